The third-order valence-electron chi connectivity index (χ3n) is 7.78. The quantitative estimate of drug-likeness (QED) is 0.368. The zero-order valence-corrected chi connectivity index (χ0v) is 22.9. The second kappa shape index (κ2) is 10.5. The lowest BCUT2D eigenvalue weighted by Crippen LogP contribution is -2.51. The Kier molecular flexibility index (Phi) is 7.33. The minimum atomic E-state index is -0.489. The summed E-state index contributed by atoms with van der Waals surface area (Å²) in [5.41, 5.74) is 1.84. The van der Waals surface area contributed by atoms with Gasteiger partial charge in [-0.15, -0.1) is 11.3 Å². The van der Waals surface area contributed by atoms with Gasteiger partial charge in [-0.3, -0.25) is 9.69 Å². The first-order valence-electron chi connectivity index (χ1n) is 13.1. The number of rotatable bonds is 6. The van der Waals surface area contributed by atoms with Crippen molar-refractivity contribution in [2.75, 3.05) is 50.2 Å². The van der Waals surface area contributed by atoms with Gasteiger partial charge in [-0.05, 0) is 43.9 Å². The molecule has 0 aromatic carbocycles. The lowest BCUT2D eigenvalue weighted by molar-refractivity contribution is 0.0831. The number of thiophene rings is 1. The summed E-state index contributed by atoms with van der Waals surface area (Å²) in [4.78, 5) is 28.9. The number of nitrogens with two attached hydrogens (primary N) is 1. The average molecular weight is 526 g/mol. The summed E-state index contributed by atoms with van der Waals surface area (Å²) in [7, 11) is 3.55. The smallest absolute Gasteiger partial charge is 0.263 e. The van der Waals surface area contributed by atoms with Crippen LogP contribution in [0.4, 0.5) is 21.7 Å². The SMILES string of the molecule is CCN1CCN(c2cnc(N(N)c3cc4c(C5CCCC5)c(C(=O)N(C)C)sc4cn3)c(F)c2)C[C@@H]1C. The molecule has 5 rings (SSSR count). The number of pyridine rings is 2. The molecule has 3 aromatic heterocycles. The van der Waals surface area contributed by atoms with Crippen LogP contribution >= 0.6 is 11.3 Å². The normalized spacial score (nSPS) is 19.1. The molecule has 0 radical (unpaired) electrons. The average Bonchev–Trinajstić information content (AvgIpc) is 3.55. The summed E-state index contributed by atoms with van der Waals surface area (Å²) >= 11 is 1.47. The fourth-order valence-corrected chi connectivity index (χ4v) is 6.96. The highest BCUT2D eigenvalue weighted by Crippen LogP contribution is 2.44. The maximum atomic E-state index is 15.3. The van der Waals surface area contributed by atoms with Crippen molar-refractivity contribution in [1.82, 2.24) is 19.8 Å². The fraction of sp³-hybridized carbons (Fsp3) is 0.519. The third kappa shape index (κ3) is 4.89. The number of hydrogen-bond acceptors (Lipinski definition) is 8. The number of halogens is 1. The van der Waals surface area contributed by atoms with E-state index in [9.17, 15) is 4.79 Å². The summed E-state index contributed by atoms with van der Waals surface area (Å²) in [6, 6.07) is 3.79. The highest BCUT2D eigenvalue weighted by molar-refractivity contribution is 7.21. The maximum absolute atomic E-state index is 15.3. The van der Waals surface area contributed by atoms with Crippen molar-refractivity contribution in [3.8, 4) is 0 Å². The van der Waals surface area contributed by atoms with Crippen molar-refractivity contribution in [3.05, 3.63) is 40.8 Å². The largest absolute Gasteiger partial charge is 0.367 e. The van der Waals surface area contributed by atoms with E-state index in [2.05, 4.69) is 33.6 Å². The van der Waals surface area contributed by atoms with Gasteiger partial charge in [-0.2, -0.15) is 0 Å². The number of hydrogen-bond donors (Lipinski definition) is 1. The summed E-state index contributed by atoms with van der Waals surface area (Å²) in [6.45, 7) is 7.97. The van der Waals surface area contributed by atoms with Crippen molar-refractivity contribution in [2.24, 2.45) is 5.84 Å². The molecule has 2 aliphatic rings. The molecule has 37 heavy (non-hydrogen) atoms. The molecule has 3 aromatic rings. The Bertz CT molecular complexity index is 1290. The monoisotopic (exact) mass is 525 g/mol. The maximum Gasteiger partial charge on any atom is 0.263 e. The minimum absolute atomic E-state index is 0.00615. The van der Waals surface area contributed by atoms with Gasteiger partial charge in [0.2, 0.25) is 0 Å². The van der Waals surface area contributed by atoms with E-state index in [1.165, 1.54) is 22.4 Å². The van der Waals surface area contributed by atoms with Crippen LogP contribution in [0.25, 0.3) is 10.1 Å². The molecule has 8 nitrogen and oxygen atoms in total. The molecule has 2 fully saturated rings. The molecule has 198 valence electrons. The van der Waals surface area contributed by atoms with Crippen molar-refractivity contribution < 1.29 is 9.18 Å². The molecule has 0 bridgehead atoms. The van der Waals surface area contributed by atoms with Crippen LogP contribution in [0.1, 0.15) is 60.7 Å². The minimum Gasteiger partial charge on any atom is -0.367 e. The summed E-state index contributed by atoms with van der Waals surface area (Å²) < 4.78 is 16.3. The van der Waals surface area contributed by atoms with Gasteiger partial charge in [0.15, 0.2) is 11.6 Å². The van der Waals surface area contributed by atoms with Crippen molar-refractivity contribution in [1.29, 1.82) is 0 Å². The zero-order valence-electron chi connectivity index (χ0n) is 22.1. The Hall–Kier alpha value is -2.82. The molecule has 10 heteroatoms. The van der Waals surface area contributed by atoms with E-state index in [-0.39, 0.29) is 11.7 Å². The number of hydrazine groups is 1. The van der Waals surface area contributed by atoms with E-state index in [4.69, 9.17) is 5.84 Å². The number of carbonyl (C=O) groups excluding carboxylic acids is 1. The highest BCUT2D eigenvalue weighted by Gasteiger charge is 2.29. The first-order valence-corrected chi connectivity index (χ1v) is 13.9. The Morgan fingerprint density at radius 1 is 1.19 bits per heavy atom. The number of amides is 1. The van der Waals surface area contributed by atoms with Gasteiger partial charge >= 0.3 is 0 Å². The molecule has 1 saturated carbocycles. The van der Waals surface area contributed by atoms with Crippen LogP contribution < -0.4 is 15.8 Å². The second-order valence-corrected chi connectivity index (χ2v) is 11.4. The number of piperazine rings is 1. The molecule has 0 unspecified atom stereocenters. The molecule has 2 N–H and O–H groups in total. The number of aromatic nitrogens is 2. The van der Waals surface area contributed by atoms with E-state index < -0.39 is 5.82 Å². The van der Waals surface area contributed by atoms with Crippen LogP contribution in [-0.2, 0) is 0 Å². The van der Waals surface area contributed by atoms with Crippen LogP contribution in [-0.4, -0.2) is 72.0 Å². The van der Waals surface area contributed by atoms with Crippen LogP contribution in [0.5, 0.6) is 0 Å². The highest BCUT2D eigenvalue weighted by atomic mass is 32.1. The summed E-state index contributed by atoms with van der Waals surface area (Å²) in [6.07, 6.45) is 7.87. The predicted molar refractivity (Wildman–Crippen MR) is 148 cm³/mol. The van der Waals surface area contributed by atoms with Gasteiger partial charge < -0.3 is 9.80 Å². The molecule has 1 aliphatic carbocycles. The molecule has 4 heterocycles. The molecule has 1 saturated heterocycles. The van der Waals surface area contributed by atoms with Crippen LogP contribution in [0.2, 0.25) is 0 Å². The number of anilines is 3. The lowest BCUT2D eigenvalue weighted by atomic mass is 9.94. The third-order valence-corrected chi connectivity index (χ3v) is 8.93. The molecular formula is C27H36FN7OS. The van der Waals surface area contributed by atoms with Gasteiger partial charge in [0.1, 0.15) is 5.82 Å². The van der Waals surface area contributed by atoms with Gasteiger partial charge in [0.25, 0.3) is 5.91 Å². The fourth-order valence-electron chi connectivity index (χ4n) is 5.70. The van der Waals surface area contributed by atoms with Crippen LogP contribution in [0, 0.1) is 5.82 Å². The Labute approximate surface area is 221 Å². The Morgan fingerprint density at radius 2 is 1.95 bits per heavy atom. The van der Waals surface area contributed by atoms with Gasteiger partial charge in [-0.25, -0.2) is 25.2 Å². The molecular weight excluding hydrogens is 489 g/mol. The van der Waals surface area contributed by atoms with E-state index in [0.717, 1.165) is 78.1 Å². The number of likely N-dealkylation sites (N-methyl/N-ethyl adjacent to an activating group) is 1. The summed E-state index contributed by atoms with van der Waals surface area (Å²) in [5.74, 6) is 6.67. The van der Waals surface area contributed by atoms with Crippen LogP contribution in [0.15, 0.2) is 24.5 Å². The first kappa shape index (κ1) is 25.8. The van der Waals surface area contributed by atoms with E-state index in [1.807, 2.05) is 6.07 Å². The van der Waals surface area contributed by atoms with Gasteiger partial charge in [0.05, 0.1) is 21.5 Å². The molecule has 1 amide bonds. The van der Waals surface area contributed by atoms with E-state index >= 15 is 4.39 Å². The number of nitrogens with zero attached hydrogens (tertiary/aromatic N) is 6. The number of fused-ring (bicyclic) bond motifs is 1. The Balaban J connectivity index is 1.46. The predicted octanol–water partition coefficient (Wildman–Crippen LogP) is 4.73. The molecule has 1 aliphatic heterocycles. The standard InChI is InChI=1S/C27H36FN7OS/c1-5-33-10-11-34(16-17(33)2)19-12-21(28)26(31-14-19)35(29)23-13-20-22(15-30-23)37-25(27(36)32(3)4)24(20)18-8-6-7-9-18/h12-15,17-18H,5-11,16,29H2,1-4H3/t17-/m0/s1. The molecule has 0 spiro atoms. The lowest BCUT2D eigenvalue weighted by Gasteiger charge is -2.40. The van der Waals surface area contributed by atoms with Crippen molar-refractivity contribution in [2.45, 2.75) is 51.5 Å². The summed E-state index contributed by atoms with van der Waals surface area (Å²) in [5, 5.41) is 2.18. The van der Waals surface area contributed by atoms with Crippen LogP contribution in [0.3, 0.4) is 0 Å². The second-order valence-electron chi connectivity index (χ2n) is 10.4. The Morgan fingerprint density at radius 3 is 2.59 bits per heavy atom. The van der Waals surface area contributed by atoms with Gasteiger partial charge in [-0.1, -0.05) is 19.8 Å². The first-order chi connectivity index (χ1) is 17.8. The zero-order chi connectivity index (χ0) is 26.3. The topological polar surface area (TPSA) is 81.8 Å². The van der Waals surface area contributed by atoms with E-state index in [0.29, 0.717) is 17.8 Å². The van der Waals surface area contributed by atoms with Crippen molar-refractivity contribution >= 4 is 44.7 Å². The number of carbonyl (C=O) groups is 1. The molecule has 1 atom stereocenters. The van der Waals surface area contributed by atoms with Crippen molar-refractivity contribution in [3.63, 3.8) is 0 Å². The van der Waals surface area contributed by atoms with E-state index in [1.54, 1.807) is 31.4 Å². The van der Waals surface area contributed by atoms with Gasteiger partial charge in [0, 0.05) is 57.4 Å².